The number of benzene rings is 12. The van der Waals surface area contributed by atoms with Gasteiger partial charge in [-0.1, -0.05) is 285 Å². The monoisotopic (exact) mass is 1310 g/mol. The van der Waals surface area contributed by atoms with Crippen LogP contribution in [0.4, 0.5) is 0 Å². The minimum absolute atomic E-state index is 0.271. The molecule has 0 fully saturated rings. The lowest BCUT2D eigenvalue weighted by atomic mass is 9.81. The largest absolute Gasteiger partial charge is 0.378 e. The molecule has 2 unspecified atom stereocenters. The highest BCUT2D eigenvalue weighted by Crippen LogP contribution is 2.53. The summed E-state index contributed by atoms with van der Waals surface area (Å²) in [5.74, 6) is 0. The van der Waals surface area contributed by atoms with Crippen molar-refractivity contribution in [1.82, 2.24) is 9.97 Å². The molecule has 2 aliphatic carbocycles. The average molecular weight is 1310 g/mol. The Labute approximate surface area is 567 Å². The molecule has 9 heteroatoms. The van der Waals surface area contributed by atoms with E-state index in [1.807, 2.05) is 279 Å². The summed E-state index contributed by atoms with van der Waals surface area (Å²) in [6.45, 7) is 0. The molecule has 1 N–H and O–H groups in total. The second-order valence-corrected chi connectivity index (χ2v) is 34.1. The molecular formula is C88H71N2O4P3. The molecule has 2 aliphatic rings. The first-order valence-corrected chi connectivity index (χ1v) is 38.9. The molecule has 0 aliphatic heterocycles. The van der Waals surface area contributed by atoms with Gasteiger partial charge in [-0.15, -0.1) is 0 Å². The molecule has 2 aromatic heterocycles. The van der Waals surface area contributed by atoms with Gasteiger partial charge in [-0.05, 0) is 148 Å². The number of pyridine rings is 2. The van der Waals surface area contributed by atoms with E-state index >= 15 is 13.7 Å². The standard InChI is InChI=1S/C88H71N2O4P3/c91-88(69-35-9-2-10-36-69,61-62-28-7-1-8-29-62)82-59-67-32-21-25-48-78(67)86(89-82)87-79-49-26-22-33-68(79)60-83(90-87)97(94,73-43-17-6-18-44-73)75-45-27-34-66(58-75)63-50-54-74(55-51-63)96(93,72-41-15-5-16-42-72)81-57-53-65-31-20-24-47-77(65)85(81)84-76-46-23-19-30-64(76)52-56-80(84)95(92,70-37-11-3-12-38-70)71-39-13-4-14-40-71/h1-18,21-22,25-29,32-45,48-60,91H,19-20,23-24,30-31,46-47,61H2/t88-,96?,97?/m0/s1. The maximum atomic E-state index is 17.7. The number of fused-ring (bicyclic) bond motifs is 4. The van der Waals surface area contributed by atoms with Crippen molar-refractivity contribution in [2.24, 2.45) is 0 Å². The third-order valence-corrected chi connectivity index (χ3v) is 29.3. The predicted octanol–water partition coefficient (Wildman–Crippen LogP) is 16.9. The summed E-state index contributed by atoms with van der Waals surface area (Å²) in [4.78, 5) is 11.1. The van der Waals surface area contributed by atoms with E-state index in [1.54, 1.807) is 0 Å². The SMILES string of the molecule is O=P(c1ccccc1)(c1cccc(-c2ccc(P(=O)(c3ccccc3)c3ccc4c(c3-c3c(P(=O)(c5ccccc5)c5ccccc5)ccc5c3CCCC5)CCCC4)cc2)c1)c1cc2ccccc2c(-c2nc([C@](O)(Cc3ccccc3)c3ccccc3)cc3ccccc23)n1. The molecule has 0 spiro atoms. The van der Waals surface area contributed by atoms with E-state index < -0.39 is 27.0 Å². The number of hydrogen-bond donors (Lipinski definition) is 1. The summed E-state index contributed by atoms with van der Waals surface area (Å²) in [6.07, 6.45) is 7.92. The lowest BCUT2D eigenvalue weighted by Gasteiger charge is -2.33. The summed E-state index contributed by atoms with van der Waals surface area (Å²) in [7, 11) is -11.2. The summed E-state index contributed by atoms with van der Waals surface area (Å²) < 4.78 is 51.9. The van der Waals surface area contributed by atoms with Gasteiger partial charge in [0.2, 0.25) is 0 Å². The van der Waals surface area contributed by atoms with E-state index in [-0.39, 0.29) is 6.42 Å². The maximum absolute atomic E-state index is 17.7. The molecule has 472 valence electrons. The van der Waals surface area contributed by atoms with Crippen LogP contribution in [-0.4, -0.2) is 15.1 Å². The Hall–Kier alpha value is -9.89. The van der Waals surface area contributed by atoms with Gasteiger partial charge in [-0.3, -0.25) is 0 Å². The van der Waals surface area contributed by atoms with Crippen molar-refractivity contribution in [3.05, 3.63) is 355 Å². The molecule has 0 amide bonds. The average Bonchev–Trinajstić information content (AvgIpc) is 0.726. The fourth-order valence-corrected chi connectivity index (χ4v) is 23.7. The summed E-state index contributed by atoms with van der Waals surface area (Å²) in [5.41, 5.74) is 10.8. The van der Waals surface area contributed by atoms with E-state index in [1.165, 1.54) is 22.3 Å². The first-order chi connectivity index (χ1) is 47.6. The van der Waals surface area contributed by atoms with Gasteiger partial charge >= 0.3 is 0 Å². The van der Waals surface area contributed by atoms with Crippen molar-refractivity contribution in [1.29, 1.82) is 0 Å². The molecule has 14 aromatic rings. The van der Waals surface area contributed by atoms with Crippen LogP contribution in [-0.2, 0) is 51.4 Å². The molecule has 0 radical (unpaired) electrons. The van der Waals surface area contributed by atoms with Gasteiger partial charge in [0.05, 0.1) is 17.1 Å². The van der Waals surface area contributed by atoms with Gasteiger partial charge in [0.25, 0.3) is 0 Å². The van der Waals surface area contributed by atoms with Crippen LogP contribution < -0.4 is 47.9 Å². The molecular weight excluding hydrogens is 1240 g/mol. The van der Waals surface area contributed by atoms with E-state index in [9.17, 15) is 5.11 Å². The van der Waals surface area contributed by atoms with Gasteiger partial charge in [0.1, 0.15) is 11.0 Å². The molecule has 16 rings (SSSR count). The number of aryl methyl sites for hydroxylation is 2. The molecule has 3 atom stereocenters. The highest BCUT2D eigenvalue weighted by atomic mass is 31.2. The maximum Gasteiger partial charge on any atom is 0.188 e. The Morgan fingerprint density at radius 2 is 0.753 bits per heavy atom. The molecule has 0 saturated heterocycles. The van der Waals surface area contributed by atoms with Crippen LogP contribution in [0, 0.1) is 0 Å². The van der Waals surface area contributed by atoms with Gasteiger partial charge in [0, 0.05) is 59.6 Å². The Bertz CT molecular complexity index is 5380. The molecule has 2 heterocycles. The number of hydrogen-bond acceptors (Lipinski definition) is 6. The first-order valence-electron chi connectivity index (χ1n) is 33.8. The lowest BCUT2D eigenvalue weighted by molar-refractivity contribution is 0.0767. The van der Waals surface area contributed by atoms with Gasteiger partial charge in [-0.2, -0.15) is 0 Å². The summed E-state index contributed by atoms with van der Waals surface area (Å²) in [5, 5.41) is 22.4. The number of nitrogens with zero attached hydrogens (tertiary/aromatic N) is 2. The topological polar surface area (TPSA) is 97.2 Å². The van der Waals surface area contributed by atoms with Crippen LogP contribution in [0.3, 0.4) is 0 Å². The number of aromatic nitrogens is 2. The van der Waals surface area contributed by atoms with E-state index in [4.69, 9.17) is 9.97 Å². The zero-order valence-electron chi connectivity index (χ0n) is 53.8. The number of aliphatic hydroxyl groups is 1. The van der Waals surface area contributed by atoms with E-state index in [2.05, 4.69) is 36.4 Å². The van der Waals surface area contributed by atoms with E-state index in [0.29, 0.717) is 44.0 Å². The van der Waals surface area contributed by atoms with Crippen LogP contribution in [0.2, 0.25) is 0 Å². The van der Waals surface area contributed by atoms with Gasteiger partial charge in [-0.25, -0.2) is 9.97 Å². The van der Waals surface area contributed by atoms with Crippen LogP contribution in [0.1, 0.15) is 64.8 Å². The third kappa shape index (κ3) is 11.0. The van der Waals surface area contributed by atoms with Gasteiger partial charge < -0.3 is 18.8 Å². The summed E-state index contributed by atoms with van der Waals surface area (Å²) in [6, 6.07) is 105. The highest BCUT2D eigenvalue weighted by Gasteiger charge is 2.41. The van der Waals surface area contributed by atoms with Crippen molar-refractivity contribution in [3.63, 3.8) is 0 Å². The Morgan fingerprint density at radius 3 is 1.27 bits per heavy atom. The Balaban J connectivity index is 0.853. The minimum atomic E-state index is -3.85. The quantitative estimate of drug-likeness (QED) is 0.0968. The molecule has 12 aromatic carbocycles. The first kappa shape index (κ1) is 61.9. The smallest absolute Gasteiger partial charge is 0.188 e. The van der Waals surface area contributed by atoms with Crippen LogP contribution in [0.15, 0.2) is 315 Å². The third-order valence-electron chi connectivity index (χ3n) is 20.2. The lowest BCUT2D eigenvalue weighted by Crippen LogP contribution is -2.32. The molecule has 0 saturated carbocycles. The van der Waals surface area contributed by atoms with Crippen molar-refractivity contribution >= 4 is 90.8 Å². The normalized spacial score (nSPS) is 14.9. The second-order valence-electron chi connectivity index (χ2n) is 25.9. The second kappa shape index (κ2) is 25.9. The molecule has 0 bridgehead atoms. The zero-order chi connectivity index (χ0) is 65.6. The van der Waals surface area contributed by atoms with Crippen LogP contribution in [0.25, 0.3) is 55.2 Å². The van der Waals surface area contributed by atoms with Crippen molar-refractivity contribution in [2.75, 3.05) is 0 Å². The summed E-state index contributed by atoms with van der Waals surface area (Å²) >= 11 is 0. The van der Waals surface area contributed by atoms with Gasteiger partial charge in [0.15, 0.2) is 21.4 Å². The van der Waals surface area contributed by atoms with Crippen molar-refractivity contribution < 1.29 is 18.8 Å². The van der Waals surface area contributed by atoms with Crippen molar-refractivity contribution in [3.8, 4) is 33.6 Å². The zero-order valence-corrected chi connectivity index (χ0v) is 56.5. The fourth-order valence-electron chi connectivity index (χ4n) is 15.3. The Kier molecular flexibility index (Phi) is 16.6. The Morgan fingerprint density at radius 1 is 0.340 bits per heavy atom. The van der Waals surface area contributed by atoms with Crippen LogP contribution in [0.5, 0.6) is 0 Å². The number of rotatable bonds is 16. The fraction of sp³-hybridized carbons (Fsp3) is 0.114. The minimum Gasteiger partial charge on any atom is -0.378 e. The molecule has 6 nitrogen and oxygen atoms in total. The van der Waals surface area contributed by atoms with E-state index in [0.717, 1.165) is 127 Å². The van der Waals surface area contributed by atoms with Crippen molar-refractivity contribution in [2.45, 2.75) is 63.4 Å². The highest BCUT2D eigenvalue weighted by molar-refractivity contribution is 7.86. The molecule has 97 heavy (non-hydrogen) atoms. The predicted molar refractivity (Wildman–Crippen MR) is 404 cm³/mol. The van der Waals surface area contributed by atoms with Crippen LogP contribution >= 0.6 is 21.4 Å².